The molecule has 1 unspecified atom stereocenters. The van der Waals surface area contributed by atoms with Gasteiger partial charge in [-0.15, -0.1) is 0 Å². The minimum absolute atomic E-state index is 0.132. The zero-order valence-electron chi connectivity index (χ0n) is 13.0. The summed E-state index contributed by atoms with van der Waals surface area (Å²) >= 11 is 0. The predicted octanol–water partition coefficient (Wildman–Crippen LogP) is 1.37. The zero-order chi connectivity index (χ0) is 16.9. The van der Waals surface area contributed by atoms with Gasteiger partial charge in [-0.1, -0.05) is 23.8 Å². The number of pyridine rings is 1. The molecule has 2 N–H and O–H groups in total. The molecule has 0 radical (unpaired) electrons. The van der Waals surface area contributed by atoms with Gasteiger partial charge in [0, 0.05) is 6.20 Å². The van der Waals surface area contributed by atoms with E-state index in [9.17, 15) is 13.2 Å². The Hall–Kier alpha value is -2.25. The van der Waals surface area contributed by atoms with E-state index in [1.807, 2.05) is 13.0 Å². The monoisotopic (exact) mass is 333 g/mol. The molecule has 1 amide bonds. The number of amides is 1. The van der Waals surface area contributed by atoms with Gasteiger partial charge in [-0.2, -0.15) is 4.72 Å². The molecular formula is C16H19N3O3S. The van der Waals surface area contributed by atoms with Crippen molar-refractivity contribution in [2.24, 2.45) is 0 Å². The largest absolute Gasteiger partial charge is 0.349 e. The van der Waals surface area contributed by atoms with E-state index in [1.54, 1.807) is 30.5 Å². The molecule has 0 saturated carbocycles. The van der Waals surface area contributed by atoms with E-state index in [0.717, 1.165) is 5.56 Å². The Balaban J connectivity index is 1.96. The van der Waals surface area contributed by atoms with Gasteiger partial charge in [-0.25, -0.2) is 8.42 Å². The van der Waals surface area contributed by atoms with E-state index in [2.05, 4.69) is 15.0 Å². The van der Waals surface area contributed by atoms with Gasteiger partial charge in [0.2, 0.25) is 15.9 Å². The summed E-state index contributed by atoms with van der Waals surface area (Å²) in [5.41, 5.74) is 1.67. The second-order valence-corrected chi connectivity index (χ2v) is 6.91. The summed E-state index contributed by atoms with van der Waals surface area (Å²) in [6.45, 7) is 3.62. The molecule has 1 aromatic heterocycles. The van der Waals surface area contributed by atoms with E-state index >= 15 is 0 Å². The predicted molar refractivity (Wildman–Crippen MR) is 87.0 cm³/mol. The van der Waals surface area contributed by atoms with E-state index < -0.39 is 22.0 Å². The van der Waals surface area contributed by atoms with Gasteiger partial charge in [0.05, 0.1) is 23.2 Å². The van der Waals surface area contributed by atoms with Crippen LogP contribution in [0.4, 0.5) is 0 Å². The van der Waals surface area contributed by atoms with Gasteiger partial charge in [-0.05, 0) is 38.1 Å². The number of nitrogens with zero attached hydrogens (tertiary/aromatic N) is 1. The standard InChI is InChI=1S/C16H19N3O3S/c1-12-6-8-15(9-7-12)23(21,22)19-13(2)16(20)18-11-14-5-3-4-10-17-14/h3-10,13,19H,11H2,1-2H3,(H,18,20). The maximum Gasteiger partial charge on any atom is 0.241 e. The highest BCUT2D eigenvalue weighted by Gasteiger charge is 2.21. The summed E-state index contributed by atoms with van der Waals surface area (Å²) in [5.74, 6) is -0.411. The Morgan fingerprint density at radius 1 is 1.17 bits per heavy atom. The van der Waals surface area contributed by atoms with Crippen LogP contribution >= 0.6 is 0 Å². The van der Waals surface area contributed by atoms with Crippen molar-refractivity contribution < 1.29 is 13.2 Å². The molecule has 0 bridgehead atoms. The number of rotatable bonds is 6. The number of carbonyl (C=O) groups excluding carboxylic acids is 1. The summed E-state index contributed by atoms with van der Waals surface area (Å²) in [4.78, 5) is 16.2. The number of aromatic nitrogens is 1. The average Bonchev–Trinajstić information content (AvgIpc) is 2.53. The molecule has 1 aromatic carbocycles. The minimum atomic E-state index is -3.73. The molecular weight excluding hydrogens is 314 g/mol. The van der Waals surface area contributed by atoms with Crippen LogP contribution < -0.4 is 10.0 Å². The van der Waals surface area contributed by atoms with Gasteiger partial charge >= 0.3 is 0 Å². The molecule has 1 heterocycles. The van der Waals surface area contributed by atoms with Crippen molar-refractivity contribution in [3.63, 3.8) is 0 Å². The molecule has 6 nitrogen and oxygen atoms in total. The lowest BCUT2D eigenvalue weighted by Crippen LogP contribution is -2.44. The molecule has 2 rings (SSSR count). The average molecular weight is 333 g/mol. The van der Waals surface area contributed by atoms with Gasteiger partial charge < -0.3 is 5.32 Å². The lowest BCUT2D eigenvalue weighted by Gasteiger charge is -2.14. The first-order valence-corrected chi connectivity index (χ1v) is 8.63. The summed E-state index contributed by atoms with van der Waals surface area (Å²) in [6.07, 6.45) is 1.63. The molecule has 0 aliphatic carbocycles. The van der Waals surface area contributed by atoms with E-state index in [1.165, 1.54) is 19.1 Å². The number of nitrogens with one attached hydrogen (secondary N) is 2. The number of aryl methyl sites for hydroxylation is 1. The SMILES string of the molecule is Cc1ccc(S(=O)(=O)NC(C)C(=O)NCc2ccccn2)cc1. The number of sulfonamides is 1. The first kappa shape index (κ1) is 17.1. The van der Waals surface area contributed by atoms with Crippen LogP contribution in [0, 0.1) is 6.92 Å². The van der Waals surface area contributed by atoms with Gasteiger partial charge in [0.25, 0.3) is 0 Å². The Bertz CT molecular complexity index is 759. The van der Waals surface area contributed by atoms with Crippen molar-refractivity contribution in [2.75, 3.05) is 0 Å². The smallest absolute Gasteiger partial charge is 0.241 e. The van der Waals surface area contributed by atoms with Crippen LogP contribution in [0.1, 0.15) is 18.2 Å². The lowest BCUT2D eigenvalue weighted by molar-refractivity contribution is -0.122. The van der Waals surface area contributed by atoms with Crippen LogP contribution in [-0.4, -0.2) is 25.4 Å². The van der Waals surface area contributed by atoms with Crippen molar-refractivity contribution >= 4 is 15.9 Å². The Kier molecular flexibility index (Phi) is 5.46. The van der Waals surface area contributed by atoms with Crippen LogP contribution in [0.5, 0.6) is 0 Å². The highest BCUT2D eigenvalue weighted by molar-refractivity contribution is 7.89. The van der Waals surface area contributed by atoms with E-state index in [0.29, 0.717) is 5.69 Å². The fourth-order valence-electron chi connectivity index (χ4n) is 1.91. The number of carbonyl (C=O) groups is 1. The Morgan fingerprint density at radius 2 is 1.87 bits per heavy atom. The highest BCUT2D eigenvalue weighted by Crippen LogP contribution is 2.10. The molecule has 0 saturated heterocycles. The summed E-state index contributed by atoms with van der Waals surface area (Å²) in [7, 11) is -3.73. The topological polar surface area (TPSA) is 88.2 Å². The van der Waals surface area contributed by atoms with Crippen LogP contribution in [-0.2, 0) is 21.4 Å². The Labute approximate surface area is 136 Å². The molecule has 0 aliphatic heterocycles. The zero-order valence-corrected chi connectivity index (χ0v) is 13.8. The van der Waals surface area contributed by atoms with Crippen molar-refractivity contribution in [3.05, 3.63) is 59.9 Å². The fourth-order valence-corrected chi connectivity index (χ4v) is 3.11. The van der Waals surface area contributed by atoms with E-state index in [-0.39, 0.29) is 11.4 Å². The first-order chi connectivity index (χ1) is 10.9. The lowest BCUT2D eigenvalue weighted by atomic mass is 10.2. The van der Waals surface area contributed by atoms with Crippen LogP contribution in [0.25, 0.3) is 0 Å². The maximum absolute atomic E-state index is 12.2. The summed E-state index contributed by atoms with van der Waals surface area (Å²) in [6, 6.07) is 10.9. The number of hydrogen-bond acceptors (Lipinski definition) is 4. The quantitative estimate of drug-likeness (QED) is 0.836. The normalized spacial score (nSPS) is 12.6. The second-order valence-electron chi connectivity index (χ2n) is 5.19. The molecule has 23 heavy (non-hydrogen) atoms. The van der Waals surface area contributed by atoms with Crippen LogP contribution in [0.15, 0.2) is 53.6 Å². The van der Waals surface area contributed by atoms with E-state index in [4.69, 9.17) is 0 Å². The molecule has 1 atom stereocenters. The third kappa shape index (κ3) is 4.87. The van der Waals surface area contributed by atoms with Gasteiger partial charge in [-0.3, -0.25) is 9.78 Å². The number of benzene rings is 1. The minimum Gasteiger partial charge on any atom is -0.349 e. The van der Waals surface area contributed by atoms with Gasteiger partial charge in [0.15, 0.2) is 0 Å². The van der Waals surface area contributed by atoms with Crippen LogP contribution in [0.3, 0.4) is 0 Å². The molecule has 0 aliphatic rings. The Morgan fingerprint density at radius 3 is 2.48 bits per heavy atom. The fraction of sp³-hybridized carbons (Fsp3) is 0.250. The highest BCUT2D eigenvalue weighted by atomic mass is 32.2. The van der Waals surface area contributed by atoms with Crippen LogP contribution in [0.2, 0.25) is 0 Å². The van der Waals surface area contributed by atoms with Gasteiger partial charge in [0.1, 0.15) is 0 Å². The third-order valence-corrected chi connectivity index (χ3v) is 4.78. The van der Waals surface area contributed by atoms with Crippen molar-refractivity contribution in [1.82, 2.24) is 15.0 Å². The molecule has 122 valence electrons. The summed E-state index contributed by atoms with van der Waals surface area (Å²) < 4.78 is 26.8. The summed E-state index contributed by atoms with van der Waals surface area (Å²) in [5, 5.41) is 2.65. The van der Waals surface area contributed by atoms with Crippen molar-refractivity contribution in [1.29, 1.82) is 0 Å². The second kappa shape index (κ2) is 7.34. The van der Waals surface area contributed by atoms with Crippen molar-refractivity contribution in [3.8, 4) is 0 Å². The molecule has 0 spiro atoms. The molecule has 7 heteroatoms. The third-order valence-electron chi connectivity index (χ3n) is 3.23. The first-order valence-electron chi connectivity index (χ1n) is 7.15. The number of hydrogen-bond donors (Lipinski definition) is 2. The molecule has 2 aromatic rings. The molecule has 0 fully saturated rings. The maximum atomic E-state index is 12.2. The van der Waals surface area contributed by atoms with Crippen molar-refractivity contribution in [2.45, 2.75) is 31.3 Å².